The van der Waals surface area contributed by atoms with Crippen molar-refractivity contribution in [3.8, 4) is 11.5 Å². The Bertz CT molecular complexity index is 1600. The number of aromatic carboxylic acids is 2. The van der Waals surface area contributed by atoms with Crippen molar-refractivity contribution in [2.45, 2.75) is 77.4 Å². The second-order valence-electron chi connectivity index (χ2n) is 11.4. The number of carboxylic acid groups (broad SMARTS) is 2. The van der Waals surface area contributed by atoms with Crippen LogP contribution in [0.5, 0.6) is 11.5 Å². The molecule has 0 aliphatic rings. The molecule has 4 aromatic rings. The summed E-state index contributed by atoms with van der Waals surface area (Å²) in [4.78, 5) is 31.6. The van der Waals surface area contributed by atoms with Crippen LogP contribution in [0.25, 0.3) is 21.5 Å². The van der Waals surface area contributed by atoms with Crippen LogP contribution in [0.2, 0.25) is 0 Å². The minimum atomic E-state index is -1.11. The third kappa shape index (κ3) is 10.1. The SMILES string of the molecule is O=C(O)c1ccc2cc(OCCCCCCCCCCCCOc3cc4ccc(COO)cc4cc3COO)c(C(=O)O)cc2c1. The standard InChI is InChI=1S/C36H42O10/c37-35(38)28-14-13-27-22-34(32(36(39)40)20-30(27)18-28)44-16-10-8-6-4-2-1-3-5-7-9-15-43-33-21-26-12-11-25(23-45-41)17-29(26)19-31(33)24-46-42/h11-14,17-22,41-42H,1-10,15-16,23-24H2,(H,37,38)(H,39,40). The summed E-state index contributed by atoms with van der Waals surface area (Å²) < 4.78 is 11.8. The van der Waals surface area contributed by atoms with E-state index in [0.29, 0.717) is 30.1 Å². The van der Waals surface area contributed by atoms with Gasteiger partial charge in [0.2, 0.25) is 0 Å². The highest BCUT2D eigenvalue weighted by Crippen LogP contribution is 2.29. The Morgan fingerprint density at radius 2 is 1.07 bits per heavy atom. The van der Waals surface area contributed by atoms with E-state index in [4.69, 9.17) is 20.0 Å². The molecule has 4 N–H and O–H groups in total. The van der Waals surface area contributed by atoms with E-state index in [1.807, 2.05) is 30.3 Å². The van der Waals surface area contributed by atoms with Gasteiger partial charge < -0.3 is 19.7 Å². The molecule has 0 atom stereocenters. The monoisotopic (exact) mass is 634 g/mol. The summed E-state index contributed by atoms with van der Waals surface area (Å²) in [5.74, 6) is -1.18. The van der Waals surface area contributed by atoms with Gasteiger partial charge in [-0.2, -0.15) is 0 Å². The molecular formula is C36H42O10. The maximum Gasteiger partial charge on any atom is 0.339 e. The molecule has 4 rings (SSSR count). The van der Waals surface area contributed by atoms with Gasteiger partial charge in [-0.05, 0) is 82.4 Å². The smallest absolute Gasteiger partial charge is 0.339 e. The van der Waals surface area contributed by atoms with Gasteiger partial charge in [0.25, 0.3) is 0 Å². The first kappa shape index (κ1) is 34.6. The van der Waals surface area contributed by atoms with Gasteiger partial charge in [-0.1, -0.05) is 69.6 Å². The minimum Gasteiger partial charge on any atom is -0.493 e. The zero-order valence-corrected chi connectivity index (χ0v) is 25.9. The van der Waals surface area contributed by atoms with Crippen molar-refractivity contribution in [2.75, 3.05) is 13.2 Å². The van der Waals surface area contributed by atoms with Crippen LogP contribution < -0.4 is 9.47 Å². The lowest BCUT2D eigenvalue weighted by atomic mass is 10.0. The van der Waals surface area contributed by atoms with Crippen LogP contribution in [0.15, 0.2) is 60.7 Å². The molecule has 0 bridgehead atoms. The van der Waals surface area contributed by atoms with Crippen LogP contribution in [-0.2, 0) is 23.0 Å². The minimum absolute atomic E-state index is 0.0212. The third-order valence-corrected chi connectivity index (χ3v) is 8.01. The molecule has 0 saturated carbocycles. The molecule has 46 heavy (non-hydrogen) atoms. The van der Waals surface area contributed by atoms with E-state index in [9.17, 15) is 19.8 Å². The zero-order chi connectivity index (χ0) is 32.7. The summed E-state index contributed by atoms with van der Waals surface area (Å²) in [5.41, 5.74) is 1.72. The van der Waals surface area contributed by atoms with Crippen LogP contribution in [0, 0.1) is 0 Å². The normalized spacial score (nSPS) is 11.3. The lowest BCUT2D eigenvalue weighted by Gasteiger charge is -2.13. The number of benzene rings is 4. The van der Waals surface area contributed by atoms with E-state index < -0.39 is 11.9 Å². The van der Waals surface area contributed by atoms with Crippen molar-refractivity contribution in [1.82, 2.24) is 0 Å². The van der Waals surface area contributed by atoms with Gasteiger partial charge in [-0.15, -0.1) is 0 Å². The predicted octanol–water partition coefficient (Wildman–Crippen LogP) is 8.73. The lowest BCUT2D eigenvalue weighted by Crippen LogP contribution is -2.05. The van der Waals surface area contributed by atoms with Gasteiger partial charge in [0, 0.05) is 5.56 Å². The van der Waals surface area contributed by atoms with E-state index in [2.05, 4.69) is 9.78 Å². The molecule has 0 aliphatic carbocycles. The van der Waals surface area contributed by atoms with E-state index in [1.54, 1.807) is 12.1 Å². The molecule has 246 valence electrons. The Labute approximate surface area is 268 Å². The highest BCUT2D eigenvalue weighted by molar-refractivity contribution is 6.00. The molecule has 0 heterocycles. The van der Waals surface area contributed by atoms with E-state index >= 15 is 0 Å². The number of rotatable bonds is 21. The topological polar surface area (TPSA) is 152 Å². The summed E-state index contributed by atoms with van der Waals surface area (Å²) in [5, 5.41) is 39.7. The Morgan fingerprint density at radius 3 is 1.65 bits per heavy atom. The number of hydrogen-bond donors (Lipinski definition) is 4. The van der Waals surface area contributed by atoms with Gasteiger partial charge in [-0.25, -0.2) is 19.4 Å². The molecule has 0 spiro atoms. The molecule has 10 heteroatoms. The second kappa shape index (κ2) is 18.1. The lowest BCUT2D eigenvalue weighted by molar-refractivity contribution is -0.253. The number of carboxylic acids is 2. The molecule has 10 nitrogen and oxygen atoms in total. The molecule has 0 aliphatic heterocycles. The largest absolute Gasteiger partial charge is 0.493 e. The second-order valence-corrected chi connectivity index (χ2v) is 11.4. The highest BCUT2D eigenvalue weighted by Gasteiger charge is 2.15. The third-order valence-electron chi connectivity index (χ3n) is 8.01. The first-order valence-corrected chi connectivity index (χ1v) is 15.8. The van der Waals surface area contributed by atoms with Crippen LogP contribution in [-0.4, -0.2) is 45.9 Å². The zero-order valence-electron chi connectivity index (χ0n) is 25.9. The van der Waals surface area contributed by atoms with Crippen molar-refractivity contribution >= 4 is 33.5 Å². The molecule has 0 amide bonds. The van der Waals surface area contributed by atoms with Crippen LogP contribution >= 0.6 is 0 Å². The van der Waals surface area contributed by atoms with Gasteiger partial charge in [0.05, 0.1) is 18.8 Å². The molecule has 0 unspecified atom stereocenters. The van der Waals surface area contributed by atoms with Crippen LogP contribution in [0.3, 0.4) is 0 Å². The van der Waals surface area contributed by atoms with E-state index in [-0.39, 0.29) is 24.3 Å². The van der Waals surface area contributed by atoms with Crippen molar-refractivity contribution in [3.05, 3.63) is 82.9 Å². The fourth-order valence-corrected chi connectivity index (χ4v) is 5.53. The molecule has 0 radical (unpaired) electrons. The van der Waals surface area contributed by atoms with Gasteiger partial charge in [0.15, 0.2) is 0 Å². The Balaban J connectivity index is 1.07. The molecule has 0 saturated heterocycles. The number of fused-ring (bicyclic) bond motifs is 2. The Kier molecular flexibility index (Phi) is 13.6. The van der Waals surface area contributed by atoms with Crippen molar-refractivity contribution < 1.29 is 49.6 Å². The summed E-state index contributed by atoms with van der Waals surface area (Å²) in [6.07, 6.45) is 10.8. The summed E-state index contributed by atoms with van der Waals surface area (Å²) in [7, 11) is 0. The Morgan fingerprint density at radius 1 is 0.522 bits per heavy atom. The Hall–Kier alpha value is -4.22. The summed E-state index contributed by atoms with van der Waals surface area (Å²) in [6, 6.07) is 17.4. The maximum absolute atomic E-state index is 11.8. The van der Waals surface area contributed by atoms with Gasteiger partial charge >= 0.3 is 11.9 Å². The number of hydrogen-bond acceptors (Lipinski definition) is 8. The molecule has 4 aromatic carbocycles. The maximum atomic E-state index is 11.8. The number of unbranched alkanes of at least 4 members (excludes halogenated alkanes) is 9. The summed E-state index contributed by atoms with van der Waals surface area (Å²) >= 11 is 0. The average Bonchev–Trinajstić information content (AvgIpc) is 3.04. The van der Waals surface area contributed by atoms with E-state index in [0.717, 1.165) is 72.2 Å². The first-order valence-electron chi connectivity index (χ1n) is 15.8. The highest BCUT2D eigenvalue weighted by atomic mass is 17.1. The van der Waals surface area contributed by atoms with Crippen LogP contribution in [0.1, 0.15) is 96.1 Å². The predicted molar refractivity (Wildman–Crippen MR) is 174 cm³/mol. The summed E-state index contributed by atoms with van der Waals surface area (Å²) in [6.45, 7) is 1.13. The fraction of sp³-hybridized carbons (Fsp3) is 0.389. The van der Waals surface area contributed by atoms with Gasteiger partial charge in [-0.3, -0.25) is 10.5 Å². The number of carbonyl (C=O) groups is 2. The quantitative estimate of drug-likeness (QED) is 0.0398. The van der Waals surface area contributed by atoms with Crippen LogP contribution in [0.4, 0.5) is 0 Å². The fourth-order valence-electron chi connectivity index (χ4n) is 5.53. The molecule has 0 fully saturated rings. The first-order chi connectivity index (χ1) is 22.4. The molecule has 0 aromatic heterocycles. The van der Waals surface area contributed by atoms with E-state index in [1.165, 1.54) is 37.5 Å². The molecular weight excluding hydrogens is 592 g/mol. The van der Waals surface area contributed by atoms with Gasteiger partial charge in [0.1, 0.15) is 30.3 Å². The van der Waals surface area contributed by atoms with Crippen molar-refractivity contribution in [2.24, 2.45) is 0 Å². The van der Waals surface area contributed by atoms with Crippen molar-refractivity contribution in [1.29, 1.82) is 0 Å². The average molecular weight is 635 g/mol. The number of ether oxygens (including phenoxy) is 2. The van der Waals surface area contributed by atoms with Crippen molar-refractivity contribution in [3.63, 3.8) is 0 Å².